The fourth-order valence-electron chi connectivity index (χ4n) is 2.40. The Labute approximate surface area is 90.2 Å². The van der Waals surface area contributed by atoms with Gasteiger partial charge in [0.15, 0.2) is 0 Å². The van der Waals surface area contributed by atoms with Crippen molar-refractivity contribution in [1.82, 2.24) is 4.98 Å². The molecule has 0 amide bonds. The van der Waals surface area contributed by atoms with Crippen LogP contribution < -0.4 is 0 Å². The van der Waals surface area contributed by atoms with Crippen molar-refractivity contribution in [3.63, 3.8) is 0 Å². The summed E-state index contributed by atoms with van der Waals surface area (Å²) in [5, 5.41) is 1.37. The van der Waals surface area contributed by atoms with Crippen LogP contribution in [0.3, 0.4) is 0 Å². The Kier molecular flexibility index (Phi) is 1.82. The molecule has 1 fully saturated rings. The molecule has 0 bridgehead atoms. The van der Waals surface area contributed by atoms with Gasteiger partial charge in [0.2, 0.25) is 0 Å². The molecule has 1 nitrogen and oxygen atoms in total. The minimum Gasteiger partial charge on any atom is -0.256 e. The van der Waals surface area contributed by atoms with E-state index in [1.54, 1.807) is 5.56 Å². The fourth-order valence-corrected chi connectivity index (χ4v) is 2.40. The molecule has 0 N–H and O–H groups in total. The molecule has 3 rings (SSSR count). The van der Waals surface area contributed by atoms with Gasteiger partial charge in [-0.3, -0.25) is 4.98 Å². The van der Waals surface area contributed by atoms with Crippen LogP contribution in [-0.2, 0) is 0 Å². The first kappa shape index (κ1) is 8.90. The van der Waals surface area contributed by atoms with Crippen molar-refractivity contribution >= 4 is 10.9 Å². The number of rotatable bonds is 1. The maximum atomic E-state index is 4.55. The van der Waals surface area contributed by atoms with E-state index in [0.717, 1.165) is 5.92 Å². The predicted octanol–water partition coefficient (Wildman–Crippen LogP) is 3.73. The molecule has 0 unspecified atom stereocenters. The topological polar surface area (TPSA) is 12.9 Å². The van der Waals surface area contributed by atoms with Crippen LogP contribution in [0.25, 0.3) is 10.9 Å². The number of nitrogens with zero attached hydrogens (tertiary/aromatic N) is 1. The summed E-state index contributed by atoms with van der Waals surface area (Å²) in [5.74, 6) is 0.803. The van der Waals surface area contributed by atoms with Crippen LogP contribution in [-0.4, -0.2) is 4.98 Å². The zero-order chi connectivity index (χ0) is 10.4. The quantitative estimate of drug-likeness (QED) is 0.678. The van der Waals surface area contributed by atoms with Gasteiger partial charge in [0.1, 0.15) is 0 Å². The van der Waals surface area contributed by atoms with Gasteiger partial charge in [-0.25, -0.2) is 0 Å². The van der Waals surface area contributed by atoms with E-state index in [9.17, 15) is 0 Å². The summed E-state index contributed by atoms with van der Waals surface area (Å²) < 4.78 is 0. The van der Waals surface area contributed by atoms with Crippen molar-refractivity contribution in [1.29, 1.82) is 0 Å². The number of aromatic nitrogens is 1. The highest BCUT2D eigenvalue weighted by Crippen LogP contribution is 2.44. The number of aryl methyl sites for hydroxylation is 2. The largest absolute Gasteiger partial charge is 0.256 e. The van der Waals surface area contributed by atoms with Crippen molar-refractivity contribution in [2.75, 3.05) is 0 Å². The second-order valence-electron chi connectivity index (χ2n) is 4.60. The highest BCUT2D eigenvalue weighted by molar-refractivity contribution is 5.86. The standard InChI is InChI=1S/C14H15N/c1-9-4-3-5-12-13(11-6-7-11)10(2)8-15-14(9)12/h3-5,8,11H,6-7H2,1-2H3. The molecular weight excluding hydrogens is 182 g/mol. The Morgan fingerprint density at radius 3 is 2.67 bits per heavy atom. The molecule has 1 saturated carbocycles. The van der Waals surface area contributed by atoms with Gasteiger partial charge >= 0.3 is 0 Å². The Balaban J connectivity index is 2.39. The predicted molar refractivity (Wildman–Crippen MR) is 63.2 cm³/mol. The molecule has 1 aliphatic carbocycles. The van der Waals surface area contributed by atoms with Crippen molar-refractivity contribution in [2.24, 2.45) is 0 Å². The molecule has 76 valence electrons. The summed E-state index contributed by atoms with van der Waals surface area (Å²) in [5.41, 5.74) is 5.37. The first-order valence-electron chi connectivity index (χ1n) is 5.62. The van der Waals surface area contributed by atoms with Gasteiger partial charge in [0.05, 0.1) is 5.52 Å². The number of hydrogen-bond donors (Lipinski definition) is 0. The molecule has 0 aliphatic heterocycles. The fraction of sp³-hybridized carbons (Fsp3) is 0.357. The summed E-state index contributed by atoms with van der Waals surface area (Å²) in [7, 11) is 0. The molecule has 1 heterocycles. The van der Waals surface area contributed by atoms with Gasteiger partial charge in [-0.1, -0.05) is 18.2 Å². The third-order valence-corrected chi connectivity index (χ3v) is 3.33. The second kappa shape index (κ2) is 3.06. The molecule has 0 radical (unpaired) electrons. The molecule has 2 aromatic rings. The van der Waals surface area contributed by atoms with E-state index < -0.39 is 0 Å². The average Bonchev–Trinajstić information content (AvgIpc) is 3.01. The van der Waals surface area contributed by atoms with Crippen LogP contribution in [0.2, 0.25) is 0 Å². The number of benzene rings is 1. The zero-order valence-corrected chi connectivity index (χ0v) is 9.25. The number of hydrogen-bond acceptors (Lipinski definition) is 1. The maximum absolute atomic E-state index is 4.55. The SMILES string of the molecule is Cc1cnc2c(C)cccc2c1C1CC1. The molecule has 1 aromatic carbocycles. The smallest absolute Gasteiger partial charge is 0.0734 e. The summed E-state index contributed by atoms with van der Waals surface area (Å²) in [6.07, 6.45) is 4.74. The molecule has 1 aliphatic rings. The van der Waals surface area contributed by atoms with Crippen molar-refractivity contribution in [3.8, 4) is 0 Å². The molecule has 1 heteroatoms. The van der Waals surface area contributed by atoms with E-state index in [2.05, 4.69) is 37.0 Å². The third-order valence-electron chi connectivity index (χ3n) is 3.33. The van der Waals surface area contributed by atoms with E-state index in [1.807, 2.05) is 6.20 Å². The normalized spacial score (nSPS) is 15.9. The van der Waals surface area contributed by atoms with Gasteiger partial charge in [-0.2, -0.15) is 0 Å². The van der Waals surface area contributed by atoms with Crippen LogP contribution in [0.4, 0.5) is 0 Å². The lowest BCUT2D eigenvalue weighted by atomic mass is 9.99. The molecule has 0 atom stereocenters. The lowest BCUT2D eigenvalue weighted by Gasteiger charge is -2.09. The Bertz CT molecular complexity index is 524. The van der Waals surface area contributed by atoms with Crippen molar-refractivity contribution in [3.05, 3.63) is 41.1 Å². The van der Waals surface area contributed by atoms with Crippen LogP contribution in [0.5, 0.6) is 0 Å². The van der Waals surface area contributed by atoms with E-state index >= 15 is 0 Å². The highest BCUT2D eigenvalue weighted by atomic mass is 14.7. The minimum absolute atomic E-state index is 0.803. The lowest BCUT2D eigenvalue weighted by molar-refractivity contribution is 1.10. The van der Waals surface area contributed by atoms with Gasteiger partial charge in [0.25, 0.3) is 0 Å². The molecule has 0 saturated heterocycles. The maximum Gasteiger partial charge on any atom is 0.0734 e. The first-order valence-corrected chi connectivity index (χ1v) is 5.62. The van der Waals surface area contributed by atoms with Crippen LogP contribution in [0.1, 0.15) is 35.4 Å². The third kappa shape index (κ3) is 1.34. The lowest BCUT2D eigenvalue weighted by Crippen LogP contribution is -1.92. The molecular formula is C14H15N. The first-order chi connectivity index (χ1) is 7.27. The zero-order valence-electron chi connectivity index (χ0n) is 9.25. The molecule has 15 heavy (non-hydrogen) atoms. The van der Waals surface area contributed by atoms with Gasteiger partial charge < -0.3 is 0 Å². The van der Waals surface area contributed by atoms with Gasteiger partial charge in [0, 0.05) is 11.6 Å². The van der Waals surface area contributed by atoms with Crippen molar-refractivity contribution < 1.29 is 0 Å². The summed E-state index contributed by atoms with van der Waals surface area (Å²) >= 11 is 0. The van der Waals surface area contributed by atoms with Crippen LogP contribution >= 0.6 is 0 Å². The van der Waals surface area contributed by atoms with Crippen molar-refractivity contribution in [2.45, 2.75) is 32.6 Å². The highest BCUT2D eigenvalue weighted by Gasteiger charge is 2.27. The Morgan fingerprint density at radius 1 is 1.13 bits per heavy atom. The monoisotopic (exact) mass is 197 g/mol. The van der Waals surface area contributed by atoms with E-state index in [4.69, 9.17) is 0 Å². The number of fused-ring (bicyclic) bond motifs is 1. The number of pyridine rings is 1. The summed E-state index contributed by atoms with van der Waals surface area (Å²) in [6.45, 7) is 4.32. The van der Waals surface area contributed by atoms with E-state index in [-0.39, 0.29) is 0 Å². The second-order valence-corrected chi connectivity index (χ2v) is 4.60. The van der Waals surface area contributed by atoms with E-state index in [0.29, 0.717) is 0 Å². The average molecular weight is 197 g/mol. The summed E-state index contributed by atoms with van der Waals surface area (Å²) in [6, 6.07) is 6.50. The van der Waals surface area contributed by atoms with Crippen LogP contribution in [0.15, 0.2) is 24.4 Å². The van der Waals surface area contributed by atoms with Crippen LogP contribution in [0, 0.1) is 13.8 Å². The van der Waals surface area contributed by atoms with Gasteiger partial charge in [-0.05, 0) is 49.3 Å². The number of para-hydroxylation sites is 1. The molecule has 0 spiro atoms. The molecule has 1 aromatic heterocycles. The van der Waals surface area contributed by atoms with E-state index in [1.165, 1.54) is 34.9 Å². The van der Waals surface area contributed by atoms with Gasteiger partial charge in [-0.15, -0.1) is 0 Å². The Morgan fingerprint density at radius 2 is 1.93 bits per heavy atom. The minimum atomic E-state index is 0.803. The Hall–Kier alpha value is -1.37. The summed E-state index contributed by atoms with van der Waals surface area (Å²) in [4.78, 5) is 4.55.